The number of ether oxygens (including phenoxy) is 1. The van der Waals surface area contributed by atoms with Crippen molar-refractivity contribution < 1.29 is 19.0 Å². The van der Waals surface area contributed by atoms with Gasteiger partial charge < -0.3 is 9.84 Å². The van der Waals surface area contributed by atoms with Crippen LogP contribution in [0.25, 0.3) is 21.9 Å². The zero-order valence-corrected chi connectivity index (χ0v) is 15.4. The molecule has 0 saturated heterocycles. The molecule has 0 aliphatic heterocycles. The minimum Gasteiger partial charge on any atom is -0.478 e. The van der Waals surface area contributed by atoms with Gasteiger partial charge in [0, 0.05) is 6.20 Å². The maximum Gasteiger partial charge on any atom is 0.339 e. The highest BCUT2D eigenvalue weighted by Crippen LogP contribution is 2.43. The molecule has 0 amide bonds. The van der Waals surface area contributed by atoms with E-state index in [0.29, 0.717) is 17.2 Å². The van der Waals surface area contributed by atoms with E-state index in [2.05, 4.69) is 16.3 Å². The number of hydrogen-bond acceptors (Lipinski definition) is 3. The van der Waals surface area contributed by atoms with Gasteiger partial charge in [0.1, 0.15) is 17.1 Å². The fourth-order valence-corrected chi connectivity index (χ4v) is 3.66. The van der Waals surface area contributed by atoms with Gasteiger partial charge in [-0.3, -0.25) is 5.10 Å². The second kappa shape index (κ2) is 6.74. The van der Waals surface area contributed by atoms with Crippen molar-refractivity contribution in [3.63, 3.8) is 0 Å². The van der Waals surface area contributed by atoms with Gasteiger partial charge in [0.15, 0.2) is 0 Å². The van der Waals surface area contributed by atoms with E-state index in [4.69, 9.17) is 4.74 Å². The summed E-state index contributed by atoms with van der Waals surface area (Å²) in [5.41, 5.74) is 1.92. The predicted octanol–water partition coefficient (Wildman–Crippen LogP) is 5.74. The van der Waals surface area contributed by atoms with E-state index in [1.807, 2.05) is 30.3 Å². The number of fused-ring (bicyclic) bond motifs is 1. The first-order chi connectivity index (χ1) is 14.1. The molecule has 0 radical (unpaired) electrons. The van der Waals surface area contributed by atoms with E-state index >= 15 is 0 Å². The van der Waals surface area contributed by atoms with E-state index in [1.165, 1.54) is 42.1 Å². The molecule has 3 aromatic carbocycles. The summed E-state index contributed by atoms with van der Waals surface area (Å²) in [4.78, 5) is 11.8. The topological polar surface area (TPSA) is 75.2 Å². The molecule has 5 rings (SSSR count). The minimum atomic E-state index is -1.15. The fraction of sp³-hybridized carbons (Fsp3) is 0.130. The third-order valence-corrected chi connectivity index (χ3v) is 5.25. The smallest absolute Gasteiger partial charge is 0.339 e. The van der Waals surface area contributed by atoms with Crippen LogP contribution in [-0.4, -0.2) is 21.3 Å². The third kappa shape index (κ3) is 3.23. The van der Waals surface area contributed by atoms with Crippen LogP contribution in [0.2, 0.25) is 0 Å². The van der Waals surface area contributed by atoms with Crippen LogP contribution in [0.15, 0.2) is 60.8 Å². The van der Waals surface area contributed by atoms with Gasteiger partial charge in [-0.15, -0.1) is 5.10 Å². The highest BCUT2D eigenvalue weighted by molar-refractivity contribution is 5.93. The first-order valence-electron chi connectivity index (χ1n) is 9.37. The Morgan fingerprint density at radius 3 is 2.72 bits per heavy atom. The second-order valence-electron chi connectivity index (χ2n) is 7.21. The van der Waals surface area contributed by atoms with Crippen LogP contribution in [0.5, 0.6) is 11.5 Å². The molecule has 1 aromatic heterocycles. The average molecular weight is 388 g/mol. The quantitative estimate of drug-likeness (QED) is 0.457. The van der Waals surface area contributed by atoms with Crippen molar-refractivity contribution in [2.45, 2.75) is 18.8 Å². The lowest BCUT2D eigenvalue weighted by Crippen LogP contribution is -2.01. The van der Waals surface area contributed by atoms with Crippen LogP contribution in [0.3, 0.4) is 0 Å². The van der Waals surface area contributed by atoms with Gasteiger partial charge in [0.05, 0.1) is 5.56 Å². The average Bonchev–Trinajstić information content (AvgIpc) is 3.48. The molecule has 1 aliphatic rings. The lowest BCUT2D eigenvalue weighted by molar-refractivity contribution is 0.0694. The van der Waals surface area contributed by atoms with E-state index in [-0.39, 0.29) is 16.9 Å². The van der Waals surface area contributed by atoms with Crippen LogP contribution in [-0.2, 0) is 0 Å². The number of carboxylic acid groups (broad SMARTS) is 1. The number of aromatic amines is 1. The summed E-state index contributed by atoms with van der Waals surface area (Å²) >= 11 is 0. The predicted molar refractivity (Wildman–Crippen MR) is 107 cm³/mol. The van der Waals surface area contributed by atoms with Gasteiger partial charge in [0.2, 0.25) is 5.95 Å². The molecular weight excluding hydrogens is 371 g/mol. The van der Waals surface area contributed by atoms with Crippen LogP contribution in [0.1, 0.15) is 34.7 Å². The number of carboxylic acids is 1. The summed E-state index contributed by atoms with van der Waals surface area (Å²) in [5, 5.41) is 17.7. The minimum absolute atomic E-state index is 0.0464. The summed E-state index contributed by atoms with van der Waals surface area (Å²) < 4.78 is 19.6. The Hall–Kier alpha value is -3.67. The maximum absolute atomic E-state index is 13.7. The highest BCUT2D eigenvalue weighted by atomic mass is 19.1. The molecule has 1 heterocycles. The van der Waals surface area contributed by atoms with E-state index in [0.717, 1.165) is 5.39 Å². The van der Waals surface area contributed by atoms with Crippen LogP contribution >= 0.6 is 0 Å². The van der Waals surface area contributed by atoms with Crippen molar-refractivity contribution in [3.05, 3.63) is 77.9 Å². The second-order valence-corrected chi connectivity index (χ2v) is 7.21. The number of aromatic nitrogens is 2. The molecule has 1 saturated carbocycles. The summed E-state index contributed by atoms with van der Waals surface area (Å²) in [6.45, 7) is 0. The Bertz CT molecular complexity index is 1240. The number of hydrogen-bond donors (Lipinski definition) is 2. The fourth-order valence-electron chi connectivity index (χ4n) is 3.66. The molecule has 29 heavy (non-hydrogen) atoms. The van der Waals surface area contributed by atoms with Crippen molar-refractivity contribution >= 4 is 16.7 Å². The zero-order valence-electron chi connectivity index (χ0n) is 15.4. The van der Waals surface area contributed by atoms with Crippen molar-refractivity contribution in [2.75, 3.05) is 0 Å². The lowest BCUT2D eigenvalue weighted by Gasteiger charge is -2.12. The summed E-state index contributed by atoms with van der Waals surface area (Å²) in [6, 6.07) is 16.5. The van der Waals surface area contributed by atoms with Crippen molar-refractivity contribution in [3.8, 4) is 22.6 Å². The first kappa shape index (κ1) is 17.4. The van der Waals surface area contributed by atoms with Crippen LogP contribution in [0, 0.1) is 5.95 Å². The van der Waals surface area contributed by atoms with E-state index in [9.17, 15) is 14.3 Å². The van der Waals surface area contributed by atoms with Gasteiger partial charge in [-0.05, 0) is 64.9 Å². The first-order valence-corrected chi connectivity index (χ1v) is 9.37. The molecule has 0 atom stereocenters. The highest BCUT2D eigenvalue weighted by Gasteiger charge is 2.25. The number of benzene rings is 3. The number of aromatic carboxylic acids is 1. The van der Waals surface area contributed by atoms with Crippen LogP contribution in [0.4, 0.5) is 4.39 Å². The molecule has 4 aromatic rings. The molecular formula is C23H17FN2O3. The van der Waals surface area contributed by atoms with Gasteiger partial charge in [0.25, 0.3) is 0 Å². The Labute approximate surface area is 165 Å². The molecule has 0 unspecified atom stereocenters. The van der Waals surface area contributed by atoms with Gasteiger partial charge >= 0.3 is 5.97 Å². The Morgan fingerprint density at radius 1 is 1.14 bits per heavy atom. The SMILES string of the molecule is O=C(O)c1cc(-c2c[nH]nc2F)ccc1Oc1ccc2c(C3CC3)cccc2c1. The summed E-state index contributed by atoms with van der Waals surface area (Å²) in [6.07, 6.45) is 3.84. The van der Waals surface area contributed by atoms with E-state index < -0.39 is 11.9 Å². The molecule has 144 valence electrons. The van der Waals surface area contributed by atoms with Crippen molar-refractivity contribution in [2.24, 2.45) is 0 Å². The lowest BCUT2D eigenvalue weighted by atomic mass is 10.0. The summed E-state index contributed by atoms with van der Waals surface area (Å²) in [5.74, 6) is -0.448. The molecule has 5 nitrogen and oxygen atoms in total. The van der Waals surface area contributed by atoms with Crippen molar-refractivity contribution in [1.29, 1.82) is 0 Å². The number of carbonyl (C=O) groups is 1. The molecule has 0 spiro atoms. The number of nitrogens with one attached hydrogen (secondary N) is 1. The van der Waals surface area contributed by atoms with Crippen LogP contribution < -0.4 is 4.74 Å². The third-order valence-electron chi connectivity index (χ3n) is 5.25. The van der Waals surface area contributed by atoms with Gasteiger partial charge in [-0.25, -0.2) is 4.79 Å². The molecule has 1 aliphatic carbocycles. The zero-order chi connectivity index (χ0) is 20.0. The number of rotatable bonds is 5. The van der Waals surface area contributed by atoms with Gasteiger partial charge in [-0.1, -0.05) is 30.3 Å². The Morgan fingerprint density at radius 2 is 2.00 bits per heavy atom. The normalized spacial score (nSPS) is 13.6. The largest absolute Gasteiger partial charge is 0.478 e. The number of halogens is 1. The Balaban J connectivity index is 1.51. The number of H-pyrrole nitrogens is 1. The van der Waals surface area contributed by atoms with Crippen molar-refractivity contribution in [1.82, 2.24) is 10.2 Å². The number of nitrogens with zero attached hydrogens (tertiary/aromatic N) is 1. The molecule has 1 fully saturated rings. The molecule has 6 heteroatoms. The van der Waals surface area contributed by atoms with Gasteiger partial charge in [-0.2, -0.15) is 4.39 Å². The molecule has 0 bridgehead atoms. The molecule has 2 N–H and O–H groups in total. The summed E-state index contributed by atoms with van der Waals surface area (Å²) in [7, 11) is 0. The Kier molecular flexibility index (Phi) is 4.05. The van der Waals surface area contributed by atoms with E-state index in [1.54, 1.807) is 6.07 Å². The standard InChI is InChI=1S/C23H17FN2O3/c24-22-20(12-25-26-22)15-6-9-21(19(11-15)23(27)28)29-16-7-8-18-14(10-16)2-1-3-17(18)13-4-5-13/h1-3,6-13H,4-5H2,(H,25,26)(H,27,28). The monoisotopic (exact) mass is 388 g/mol. The maximum atomic E-state index is 13.7.